The highest BCUT2D eigenvalue weighted by Gasteiger charge is 2.39. The van der Waals surface area contributed by atoms with Crippen LogP contribution < -0.4 is 85.1 Å². The van der Waals surface area contributed by atoms with Gasteiger partial charge in [-0.3, -0.25) is 57.5 Å². The Morgan fingerprint density at radius 1 is 0.455 bits per heavy atom. The van der Waals surface area contributed by atoms with Crippen molar-refractivity contribution in [3.05, 3.63) is 35.9 Å². The monoisotopic (exact) mass is 1720 g/mol. The van der Waals surface area contributed by atoms with Gasteiger partial charge in [-0.25, -0.2) is 24.0 Å². The number of aliphatic hydroxyl groups is 2. The number of hydrogen-bond donors (Lipinski definition) is 18. The minimum absolute atomic E-state index is 0.0939. The zero-order valence-electron chi connectivity index (χ0n) is 73.6. The molecule has 1 saturated heterocycles. The van der Waals surface area contributed by atoms with Crippen molar-refractivity contribution >= 4 is 101 Å². The number of alkyl carbamates (subject to hydrolysis) is 5. The highest BCUT2D eigenvalue weighted by molar-refractivity contribution is 6.00. The van der Waals surface area contributed by atoms with Gasteiger partial charge in [0, 0.05) is 52.1 Å². The van der Waals surface area contributed by atoms with Crippen LogP contribution in [0.1, 0.15) is 215 Å². The van der Waals surface area contributed by atoms with Gasteiger partial charge in [-0.15, -0.1) is 0 Å². The Labute approximate surface area is 707 Å². The Bertz CT molecular complexity index is 3620. The molecule has 2 unspecified atom stereocenters. The van der Waals surface area contributed by atoms with Gasteiger partial charge in [0.25, 0.3) is 0 Å². The van der Waals surface area contributed by atoms with Crippen molar-refractivity contribution in [3.63, 3.8) is 0 Å². The number of ether oxygens (including phenoxy) is 6. The minimum atomic E-state index is -2.02. The first-order valence-electron chi connectivity index (χ1n) is 40.7. The first-order chi connectivity index (χ1) is 56.0. The molecule has 1 aromatic carbocycles. The SMILES string of the molecule is CCCCOC(=O)CCC(=O)N[C@@H](CCNC(=O)OC(C)(C)C)C(=O)N[C@H](C(=O)N[C@@H](CCNC(=O)OC(C)(C)C)C(=O)N[C@H]1CCNC(=O)[C@H](C(C)O)NC(=O)[C@H](CCNC(=O)OC(C)(C)C)NC(=O)[C@H](CCNC(=O)OC(C)(C)C)NC(=O)[C@H](CC(C)C)NC(=O)[C@@H](Cc2ccccc2)NC(=O)[C@H](CCNC(=O)OC(C)(C)C)NC1=O)C(C)O. The standard InChI is InChI=1S/C80H134N16O25/c1-21-22-42-116-58(100)29-28-57(99)87-49(31-37-82-71(111)117-76(6,7)8)65(105)96-60(47(5)98)70(110)92-53(34-40-85-74(114)120-79(15,16)17)63(103)88-50-30-36-81-69(109)59(46(4)97)95-66(106)54(35-41-86-75(115)121-80(18,19)20)90-62(102)51(32-38-83-72(112)118-77(9,10)11)91-67(107)55(43-45(2)3)93-68(108)56(44-48-26-24-23-25-27-48)94-64(104)52(89-61(50)101)33-39-84-73(113)119-78(12,13)14/h23-27,45-47,49-56,59-60,97-98H,21-22,28-44H2,1-20H3,(H,81,109)(H,82,111)(H,83,112)(H,84,113)(H,85,114)(H,86,115)(H,87,99)(H,88,103)(H,89,101)(H,90,102)(H,91,107)(H,92,110)(H,93,108)(H,94,104)(H,95,106)(H,96,105)/t46?,47?,49-,50-,51-,52-,53-,54-,55-,56+,59-,60-/m0/s1. The topological polar surface area (TPSA) is 579 Å². The normalized spacial score (nSPS) is 19.6. The van der Waals surface area contributed by atoms with E-state index in [9.17, 15) is 72.5 Å². The molecular weight excluding hydrogens is 1580 g/mol. The summed E-state index contributed by atoms with van der Waals surface area (Å²) in [5.41, 5.74) is -4.59. The lowest BCUT2D eigenvalue weighted by Gasteiger charge is -2.29. The molecule has 0 spiro atoms. The summed E-state index contributed by atoms with van der Waals surface area (Å²) < 4.78 is 32.0. The van der Waals surface area contributed by atoms with E-state index in [1.807, 2.05) is 6.92 Å². The van der Waals surface area contributed by atoms with E-state index in [2.05, 4.69) is 85.1 Å². The van der Waals surface area contributed by atoms with Crippen LogP contribution >= 0.6 is 0 Å². The van der Waals surface area contributed by atoms with E-state index >= 15 is 19.2 Å². The van der Waals surface area contributed by atoms with Gasteiger partial charge < -0.3 is 124 Å². The molecule has 0 radical (unpaired) electrons. The van der Waals surface area contributed by atoms with Crippen LogP contribution in [0.5, 0.6) is 0 Å². The summed E-state index contributed by atoms with van der Waals surface area (Å²) in [6.45, 7) is 28.6. The van der Waals surface area contributed by atoms with E-state index in [1.54, 1.807) is 148 Å². The van der Waals surface area contributed by atoms with Crippen molar-refractivity contribution in [3.8, 4) is 0 Å². The maximum Gasteiger partial charge on any atom is 0.407 e. The van der Waals surface area contributed by atoms with Crippen LogP contribution in [0.25, 0.3) is 0 Å². The molecule has 41 nitrogen and oxygen atoms in total. The molecule has 0 bridgehead atoms. The second kappa shape index (κ2) is 51.0. The van der Waals surface area contributed by atoms with Crippen LogP contribution in [-0.2, 0) is 92.4 Å². The van der Waals surface area contributed by atoms with Crippen molar-refractivity contribution in [1.29, 1.82) is 0 Å². The molecule has 684 valence electrons. The summed E-state index contributed by atoms with van der Waals surface area (Å²) in [6, 6.07) is -9.73. The van der Waals surface area contributed by atoms with E-state index in [1.165, 1.54) is 0 Å². The second-order valence-electron chi connectivity index (χ2n) is 34.6. The third-order valence-corrected chi connectivity index (χ3v) is 16.8. The quantitative estimate of drug-likeness (QED) is 0.0261. The summed E-state index contributed by atoms with van der Waals surface area (Å²) >= 11 is 0. The average Bonchev–Trinajstić information content (AvgIpc) is 1.34. The van der Waals surface area contributed by atoms with E-state index < -0.39 is 279 Å². The highest BCUT2D eigenvalue weighted by Crippen LogP contribution is 2.16. The van der Waals surface area contributed by atoms with Crippen LogP contribution in [-0.4, -0.2) is 258 Å². The van der Waals surface area contributed by atoms with E-state index in [4.69, 9.17) is 28.4 Å². The van der Waals surface area contributed by atoms with E-state index in [-0.39, 0.29) is 39.0 Å². The third-order valence-electron chi connectivity index (χ3n) is 16.8. The van der Waals surface area contributed by atoms with E-state index in [0.717, 1.165) is 13.8 Å². The molecule has 2 rings (SSSR count). The Hall–Kier alpha value is -10.9. The predicted molar refractivity (Wildman–Crippen MR) is 439 cm³/mol. The number of hydrogen-bond acceptors (Lipinski definition) is 25. The van der Waals surface area contributed by atoms with Crippen LogP contribution in [0.2, 0.25) is 0 Å². The minimum Gasteiger partial charge on any atom is -0.466 e. The summed E-state index contributed by atoms with van der Waals surface area (Å²) in [5.74, 6) is -13.5. The molecule has 16 amide bonds. The molecule has 41 heteroatoms. The van der Waals surface area contributed by atoms with Crippen molar-refractivity contribution in [2.75, 3.05) is 45.9 Å². The summed E-state index contributed by atoms with van der Waals surface area (Å²) in [7, 11) is 0. The van der Waals surface area contributed by atoms with E-state index in [0.29, 0.717) is 18.4 Å². The third kappa shape index (κ3) is 46.5. The number of unbranched alkanes of at least 4 members (excludes halogenated alkanes) is 1. The molecule has 12 atom stereocenters. The molecule has 1 aliphatic heterocycles. The highest BCUT2D eigenvalue weighted by atomic mass is 16.6. The zero-order valence-corrected chi connectivity index (χ0v) is 73.6. The van der Waals surface area contributed by atoms with Crippen molar-refractivity contribution in [2.24, 2.45) is 5.92 Å². The fraction of sp³-hybridized carbons (Fsp3) is 0.713. The van der Waals surface area contributed by atoms with Crippen molar-refractivity contribution in [2.45, 2.75) is 316 Å². The number of aliphatic hydroxyl groups excluding tert-OH is 2. The summed E-state index contributed by atoms with van der Waals surface area (Å²) in [5, 5.41) is 62.7. The first-order valence-corrected chi connectivity index (χ1v) is 40.7. The van der Waals surface area contributed by atoms with Crippen LogP contribution in [0.3, 0.4) is 0 Å². The number of esters is 1. The molecule has 0 saturated carbocycles. The molecule has 0 aromatic heterocycles. The molecule has 121 heavy (non-hydrogen) atoms. The first kappa shape index (κ1) is 106. The second-order valence-corrected chi connectivity index (χ2v) is 34.6. The van der Waals surface area contributed by atoms with Gasteiger partial charge in [-0.2, -0.15) is 0 Å². The lowest BCUT2D eigenvalue weighted by Crippen LogP contribution is -2.62. The number of carbonyl (C=O) groups excluding carboxylic acids is 17. The molecule has 18 N–H and O–H groups in total. The summed E-state index contributed by atoms with van der Waals surface area (Å²) in [6.07, 6.45) is -11.5. The maximum atomic E-state index is 15.4. The van der Waals surface area contributed by atoms with Gasteiger partial charge in [0.15, 0.2) is 0 Å². The average molecular weight is 1720 g/mol. The largest absolute Gasteiger partial charge is 0.466 e. The van der Waals surface area contributed by atoms with Gasteiger partial charge in [-0.1, -0.05) is 57.5 Å². The van der Waals surface area contributed by atoms with Crippen LogP contribution in [0.4, 0.5) is 24.0 Å². The summed E-state index contributed by atoms with van der Waals surface area (Å²) in [4.78, 5) is 240. The van der Waals surface area contributed by atoms with Gasteiger partial charge in [-0.05, 0) is 181 Å². The number of amides is 16. The maximum absolute atomic E-state index is 15.4. The van der Waals surface area contributed by atoms with Crippen LogP contribution in [0, 0.1) is 5.92 Å². The molecule has 1 aromatic rings. The van der Waals surface area contributed by atoms with Gasteiger partial charge in [0.05, 0.1) is 25.2 Å². The fourth-order valence-corrected chi connectivity index (χ4v) is 11.1. The molecule has 1 fully saturated rings. The predicted octanol–water partition coefficient (Wildman–Crippen LogP) is 1.10. The number of carbonyl (C=O) groups is 17. The van der Waals surface area contributed by atoms with Gasteiger partial charge >= 0.3 is 36.4 Å². The van der Waals surface area contributed by atoms with Crippen LogP contribution in [0.15, 0.2) is 30.3 Å². The van der Waals surface area contributed by atoms with Crippen molar-refractivity contribution < 1.29 is 120 Å². The molecular formula is C80H134N16O25. The number of benzene rings is 1. The fourth-order valence-electron chi connectivity index (χ4n) is 11.1. The Kier molecular flexibility index (Phi) is 44.8. The smallest absolute Gasteiger partial charge is 0.407 e. The van der Waals surface area contributed by atoms with Crippen molar-refractivity contribution in [1.82, 2.24) is 85.1 Å². The lowest BCUT2D eigenvalue weighted by atomic mass is 10.00. The lowest BCUT2D eigenvalue weighted by molar-refractivity contribution is -0.145. The molecule has 1 aliphatic rings. The molecule has 0 aliphatic carbocycles. The number of rotatable bonds is 34. The Balaban J connectivity index is 3.11. The Morgan fingerprint density at radius 3 is 1.26 bits per heavy atom. The zero-order chi connectivity index (χ0) is 91.9. The Morgan fingerprint density at radius 2 is 0.843 bits per heavy atom. The van der Waals surface area contributed by atoms with Gasteiger partial charge in [0.1, 0.15) is 88.4 Å². The molecule has 1 heterocycles. The number of nitrogens with one attached hydrogen (secondary N) is 16. The van der Waals surface area contributed by atoms with Gasteiger partial charge in [0.2, 0.25) is 65.0 Å².